The second-order valence-electron chi connectivity index (χ2n) is 3.12. The predicted octanol–water partition coefficient (Wildman–Crippen LogP) is 0.314. The molecular weight excluding hydrogens is 226 g/mol. The SMILES string of the molecule is CNC(=O)c1cccc([N+](=O)[O-])c1C(=O)NC. The first-order chi connectivity index (χ1) is 8.02. The van der Waals surface area contributed by atoms with Crippen molar-refractivity contribution < 1.29 is 14.5 Å². The zero-order chi connectivity index (χ0) is 13.0. The fourth-order valence-electron chi connectivity index (χ4n) is 1.38. The Balaban J connectivity index is 3.50. The fraction of sp³-hybridized carbons (Fsp3) is 0.200. The van der Waals surface area contributed by atoms with E-state index in [9.17, 15) is 19.7 Å². The molecule has 1 aromatic carbocycles. The molecule has 0 spiro atoms. The Bertz CT molecular complexity index is 484. The van der Waals surface area contributed by atoms with Gasteiger partial charge in [-0.05, 0) is 6.07 Å². The summed E-state index contributed by atoms with van der Waals surface area (Å²) in [7, 11) is 2.72. The molecule has 0 aliphatic rings. The molecule has 0 bridgehead atoms. The second kappa shape index (κ2) is 5.06. The lowest BCUT2D eigenvalue weighted by Gasteiger charge is -2.07. The highest BCUT2D eigenvalue weighted by molar-refractivity contribution is 6.09. The molecule has 0 heterocycles. The van der Waals surface area contributed by atoms with Crippen LogP contribution in [-0.2, 0) is 0 Å². The minimum absolute atomic E-state index is 0.0268. The predicted molar refractivity (Wildman–Crippen MR) is 59.9 cm³/mol. The molecule has 90 valence electrons. The van der Waals surface area contributed by atoms with Gasteiger partial charge in [0.15, 0.2) is 0 Å². The lowest BCUT2D eigenvalue weighted by molar-refractivity contribution is -0.385. The molecule has 7 nitrogen and oxygen atoms in total. The van der Waals surface area contributed by atoms with E-state index in [1.54, 1.807) is 0 Å². The number of carbonyl (C=O) groups excluding carboxylic acids is 2. The molecule has 0 saturated carbocycles. The van der Waals surface area contributed by atoms with E-state index in [1.165, 1.54) is 32.3 Å². The van der Waals surface area contributed by atoms with Crippen LogP contribution in [0.25, 0.3) is 0 Å². The Morgan fingerprint density at radius 2 is 1.76 bits per heavy atom. The summed E-state index contributed by atoms with van der Waals surface area (Å²) in [4.78, 5) is 33.2. The van der Waals surface area contributed by atoms with Crippen LogP contribution in [0.1, 0.15) is 20.7 Å². The van der Waals surface area contributed by atoms with E-state index in [-0.39, 0.29) is 11.1 Å². The van der Waals surface area contributed by atoms with E-state index in [2.05, 4.69) is 10.6 Å². The molecule has 2 amide bonds. The van der Waals surface area contributed by atoms with Crippen LogP contribution < -0.4 is 10.6 Å². The summed E-state index contributed by atoms with van der Waals surface area (Å²) in [5.74, 6) is -1.22. The summed E-state index contributed by atoms with van der Waals surface area (Å²) in [6, 6.07) is 3.89. The Kier molecular flexibility index (Phi) is 3.76. The third-order valence-electron chi connectivity index (χ3n) is 2.16. The van der Waals surface area contributed by atoms with E-state index >= 15 is 0 Å². The van der Waals surface area contributed by atoms with Crippen LogP contribution in [0.2, 0.25) is 0 Å². The van der Waals surface area contributed by atoms with Crippen molar-refractivity contribution in [3.05, 3.63) is 39.4 Å². The first-order valence-corrected chi connectivity index (χ1v) is 4.74. The first kappa shape index (κ1) is 12.6. The van der Waals surface area contributed by atoms with Crippen LogP contribution in [0.5, 0.6) is 0 Å². The quantitative estimate of drug-likeness (QED) is 0.583. The van der Waals surface area contributed by atoms with E-state index in [1.807, 2.05) is 0 Å². The number of rotatable bonds is 3. The molecule has 1 aromatic rings. The molecule has 2 N–H and O–H groups in total. The van der Waals surface area contributed by atoms with Gasteiger partial charge in [0.05, 0.1) is 10.5 Å². The Hall–Kier alpha value is -2.44. The average Bonchev–Trinajstić information content (AvgIpc) is 2.35. The molecular formula is C10H11N3O4. The topological polar surface area (TPSA) is 101 Å². The van der Waals surface area contributed by atoms with E-state index in [4.69, 9.17) is 0 Å². The minimum atomic E-state index is -0.697. The first-order valence-electron chi connectivity index (χ1n) is 4.74. The van der Waals surface area contributed by atoms with Gasteiger partial charge in [0.25, 0.3) is 17.5 Å². The molecule has 0 atom stereocenters. The normalized spacial score (nSPS) is 9.53. The van der Waals surface area contributed by atoms with Gasteiger partial charge in [0, 0.05) is 20.2 Å². The van der Waals surface area contributed by atoms with Gasteiger partial charge in [-0.25, -0.2) is 0 Å². The highest BCUT2D eigenvalue weighted by Gasteiger charge is 2.25. The molecule has 17 heavy (non-hydrogen) atoms. The number of nitro benzene ring substituents is 1. The third kappa shape index (κ3) is 2.39. The van der Waals surface area contributed by atoms with Crippen LogP contribution in [0.15, 0.2) is 18.2 Å². The molecule has 0 unspecified atom stereocenters. The van der Waals surface area contributed by atoms with Crippen molar-refractivity contribution >= 4 is 17.5 Å². The van der Waals surface area contributed by atoms with Crippen molar-refractivity contribution in [2.45, 2.75) is 0 Å². The molecule has 7 heteroatoms. The van der Waals surface area contributed by atoms with Crippen molar-refractivity contribution in [2.24, 2.45) is 0 Å². The highest BCUT2D eigenvalue weighted by atomic mass is 16.6. The number of nitrogens with zero attached hydrogens (tertiary/aromatic N) is 1. The lowest BCUT2D eigenvalue weighted by atomic mass is 10.0. The summed E-state index contributed by atoms with van der Waals surface area (Å²) >= 11 is 0. The van der Waals surface area contributed by atoms with Gasteiger partial charge in [0.1, 0.15) is 5.56 Å². The van der Waals surface area contributed by atoms with E-state index < -0.39 is 22.4 Å². The van der Waals surface area contributed by atoms with Gasteiger partial charge in [0.2, 0.25) is 0 Å². The summed E-state index contributed by atoms with van der Waals surface area (Å²) in [5, 5.41) is 15.4. The zero-order valence-electron chi connectivity index (χ0n) is 9.31. The molecule has 0 radical (unpaired) electrons. The van der Waals surface area contributed by atoms with Crippen LogP contribution >= 0.6 is 0 Å². The van der Waals surface area contributed by atoms with E-state index in [0.717, 1.165) is 0 Å². The van der Waals surface area contributed by atoms with Gasteiger partial charge in [-0.1, -0.05) is 6.07 Å². The van der Waals surface area contributed by atoms with Crippen LogP contribution in [0.4, 0.5) is 5.69 Å². The molecule has 0 fully saturated rings. The van der Waals surface area contributed by atoms with Crippen LogP contribution in [0, 0.1) is 10.1 Å². The number of nitrogens with one attached hydrogen (secondary N) is 2. The van der Waals surface area contributed by atoms with Crippen molar-refractivity contribution in [1.29, 1.82) is 0 Å². The number of carbonyl (C=O) groups is 2. The summed E-state index contributed by atoms with van der Waals surface area (Å²) in [6.07, 6.45) is 0. The Labute approximate surface area is 97.0 Å². The van der Waals surface area contributed by atoms with Crippen molar-refractivity contribution in [3.63, 3.8) is 0 Å². The zero-order valence-corrected chi connectivity index (χ0v) is 9.31. The standard InChI is InChI=1S/C10H11N3O4/c1-11-9(14)6-4-3-5-7(13(16)17)8(6)10(15)12-2/h3-5H,1-2H3,(H,11,14)(H,12,15). The number of amides is 2. The second-order valence-corrected chi connectivity index (χ2v) is 3.12. The van der Waals surface area contributed by atoms with Crippen LogP contribution in [-0.4, -0.2) is 30.8 Å². The van der Waals surface area contributed by atoms with Crippen molar-refractivity contribution in [1.82, 2.24) is 10.6 Å². The van der Waals surface area contributed by atoms with Gasteiger partial charge in [-0.2, -0.15) is 0 Å². The van der Waals surface area contributed by atoms with Crippen molar-refractivity contribution in [2.75, 3.05) is 14.1 Å². The van der Waals surface area contributed by atoms with E-state index in [0.29, 0.717) is 0 Å². The number of nitro groups is 1. The molecule has 0 aliphatic carbocycles. The number of hydrogen-bond acceptors (Lipinski definition) is 4. The fourth-order valence-corrected chi connectivity index (χ4v) is 1.38. The summed E-state index contributed by atoms with van der Waals surface area (Å²) < 4.78 is 0. The van der Waals surface area contributed by atoms with Gasteiger partial charge < -0.3 is 10.6 Å². The van der Waals surface area contributed by atoms with Gasteiger partial charge in [-0.15, -0.1) is 0 Å². The maximum atomic E-state index is 11.6. The third-order valence-corrected chi connectivity index (χ3v) is 2.16. The highest BCUT2D eigenvalue weighted by Crippen LogP contribution is 2.22. The smallest absolute Gasteiger partial charge is 0.282 e. The minimum Gasteiger partial charge on any atom is -0.355 e. The van der Waals surface area contributed by atoms with Crippen LogP contribution in [0.3, 0.4) is 0 Å². The molecule has 0 aliphatic heterocycles. The average molecular weight is 237 g/mol. The molecule has 0 aromatic heterocycles. The monoisotopic (exact) mass is 237 g/mol. The maximum Gasteiger partial charge on any atom is 0.282 e. The largest absolute Gasteiger partial charge is 0.355 e. The van der Waals surface area contributed by atoms with Gasteiger partial charge >= 0.3 is 0 Å². The Morgan fingerprint density at radius 1 is 1.18 bits per heavy atom. The molecule has 1 rings (SSSR count). The summed E-state index contributed by atoms with van der Waals surface area (Å²) in [6.45, 7) is 0. The lowest BCUT2D eigenvalue weighted by Crippen LogP contribution is -2.26. The number of hydrogen-bond donors (Lipinski definition) is 2. The maximum absolute atomic E-state index is 11.6. The van der Waals surface area contributed by atoms with Gasteiger partial charge in [-0.3, -0.25) is 19.7 Å². The summed E-state index contributed by atoms with van der Waals surface area (Å²) in [5.41, 5.74) is -0.661. The Morgan fingerprint density at radius 3 is 2.24 bits per heavy atom. The van der Waals surface area contributed by atoms with Crippen molar-refractivity contribution in [3.8, 4) is 0 Å². The molecule has 0 saturated heterocycles. The number of benzene rings is 1.